The first-order valence-corrected chi connectivity index (χ1v) is 8.76. The molecule has 0 atom stereocenters. The maximum absolute atomic E-state index is 5.20. The smallest absolute Gasteiger partial charge is 0.229 e. The molecule has 0 spiro atoms. The third-order valence-electron chi connectivity index (χ3n) is 4.65. The highest BCUT2D eigenvalue weighted by Gasteiger charge is 2.17. The summed E-state index contributed by atoms with van der Waals surface area (Å²) >= 11 is 0. The molecule has 1 heterocycles. The summed E-state index contributed by atoms with van der Waals surface area (Å²) in [4.78, 5) is 9.39. The van der Waals surface area contributed by atoms with Crippen LogP contribution in [0.5, 0.6) is 5.75 Å². The number of aromatic nitrogens is 2. The monoisotopic (exact) mass is 334 g/mol. The number of benzene rings is 2. The molecule has 4 rings (SSSR count). The van der Waals surface area contributed by atoms with Crippen molar-refractivity contribution in [2.24, 2.45) is 0 Å². The number of nitrogens with one attached hydrogen (secondary N) is 2. The van der Waals surface area contributed by atoms with Crippen molar-refractivity contribution in [3.05, 3.63) is 48.5 Å². The van der Waals surface area contributed by atoms with E-state index >= 15 is 0 Å². The normalized spacial score (nSPS) is 14.6. The van der Waals surface area contributed by atoms with Gasteiger partial charge in [-0.05, 0) is 49.2 Å². The molecule has 0 aliphatic heterocycles. The predicted molar refractivity (Wildman–Crippen MR) is 102 cm³/mol. The van der Waals surface area contributed by atoms with Crippen molar-refractivity contribution < 1.29 is 4.74 Å². The van der Waals surface area contributed by atoms with E-state index in [1.165, 1.54) is 25.7 Å². The molecule has 1 saturated carbocycles. The van der Waals surface area contributed by atoms with Gasteiger partial charge in [0.15, 0.2) is 0 Å². The molecule has 0 saturated heterocycles. The molecule has 2 aromatic carbocycles. The van der Waals surface area contributed by atoms with Crippen molar-refractivity contribution in [2.45, 2.75) is 31.7 Å². The Hall–Kier alpha value is -2.82. The molecular weight excluding hydrogens is 312 g/mol. The van der Waals surface area contributed by atoms with Crippen molar-refractivity contribution in [2.75, 3.05) is 17.7 Å². The maximum Gasteiger partial charge on any atom is 0.229 e. The van der Waals surface area contributed by atoms with Gasteiger partial charge in [0.1, 0.15) is 11.6 Å². The standard InChI is InChI=1S/C20H22N4O/c1-25-16-12-10-15(11-13-16)22-20-23-18-9-5-4-8-17(18)19(24-20)21-14-6-2-3-7-14/h4-5,8-14H,2-3,6-7H2,1H3,(H2,21,22,23,24). The fraction of sp³-hybridized carbons (Fsp3) is 0.300. The molecule has 5 nitrogen and oxygen atoms in total. The van der Waals surface area contributed by atoms with Gasteiger partial charge in [0, 0.05) is 17.1 Å². The molecule has 1 aromatic heterocycles. The van der Waals surface area contributed by atoms with E-state index in [0.717, 1.165) is 28.2 Å². The Morgan fingerprint density at radius 1 is 0.960 bits per heavy atom. The first-order valence-electron chi connectivity index (χ1n) is 8.76. The van der Waals surface area contributed by atoms with Crippen LogP contribution in [0, 0.1) is 0 Å². The molecule has 0 unspecified atom stereocenters. The zero-order valence-electron chi connectivity index (χ0n) is 14.3. The number of nitrogens with zero attached hydrogens (tertiary/aromatic N) is 2. The topological polar surface area (TPSA) is 59.1 Å². The van der Waals surface area contributed by atoms with Crippen molar-refractivity contribution in [1.82, 2.24) is 9.97 Å². The van der Waals surface area contributed by atoms with E-state index in [1.54, 1.807) is 7.11 Å². The van der Waals surface area contributed by atoms with Crippen LogP contribution in [0.25, 0.3) is 10.9 Å². The van der Waals surface area contributed by atoms with Gasteiger partial charge in [-0.15, -0.1) is 0 Å². The molecule has 25 heavy (non-hydrogen) atoms. The Bertz CT molecular complexity index is 857. The summed E-state index contributed by atoms with van der Waals surface area (Å²) in [5, 5.41) is 7.98. The Labute approximate surface area is 147 Å². The van der Waals surface area contributed by atoms with Gasteiger partial charge in [0.25, 0.3) is 0 Å². The van der Waals surface area contributed by atoms with Crippen LogP contribution in [0.3, 0.4) is 0 Å². The lowest BCUT2D eigenvalue weighted by atomic mass is 10.2. The number of anilines is 3. The Morgan fingerprint density at radius 2 is 1.72 bits per heavy atom. The predicted octanol–water partition coefficient (Wildman–Crippen LogP) is 4.74. The van der Waals surface area contributed by atoms with Crippen LogP contribution in [-0.2, 0) is 0 Å². The number of fused-ring (bicyclic) bond motifs is 1. The first kappa shape index (κ1) is 15.7. The molecule has 1 aliphatic carbocycles. The second-order valence-electron chi connectivity index (χ2n) is 6.39. The molecule has 5 heteroatoms. The van der Waals surface area contributed by atoms with Gasteiger partial charge in [-0.25, -0.2) is 4.98 Å². The van der Waals surface area contributed by atoms with Gasteiger partial charge < -0.3 is 15.4 Å². The number of hydrogen-bond acceptors (Lipinski definition) is 5. The van der Waals surface area contributed by atoms with Crippen LogP contribution in [0.1, 0.15) is 25.7 Å². The molecule has 0 radical (unpaired) electrons. The Morgan fingerprint density at radius 3 is 2.48 bits per heavy atom. The Kier molecular flexibility index (Phi) is 4.37. The second kappa shape index (κ2) is 6.97. The van der Waals surface area contributed by atoms with Gasteiger partial charge in [0.2, 0.25) is 5.95 Å². The molecule has 1 aliphatic rings. The summed E-state index contributed by atoms with van der Waals surface area (Å²) < 4.78 is 5.20. The quantitative estimate of drug-likeness (QED) is 0.706. The van der Waals surface area contributed by atoms with Gasteiger partial charge in [-0.2, -0.15) is 4.98 Å². The summed E-state index contributed by atoms with van der Waals surface area (Å²) in [6.07, 6.45) is 4.99. The number of ether oxygens (including phenoxy) is 1. The van der Waals surface area contributed by atoms with Crippen molar-refractivity contribution in [3.63, 3.8) is 0 Å². The fourth-order valence-corrected chi connectivity index (χ4v) is 3.31. The van der Waals surface area contributed by atoms with Crippen LogP contribution < -0.4 is 15.4 Å². The summed E-state index contributed by atoms with van der Waals surface area (Å²) in [6, 6.07) is 16.4. The molecule has 0 amide bonds. The zero-order valence-corrected chi connectivity index (χ0v) is 14.3. The fourth-order valence-electron chi connectivity index (χ4n) is 3.31. The van der Waals surface area contributed by atoms with Crippen LogP contribution >= 0.6 is 0 Å². The maximum atomic E-state index is 5.20. The van der Waals surface area contributed by atoms with Gasteiger partial charge in [-0.3, -0.25) is 0 Å². The van der Waals surface area contributed by atoms with Crippen LogP contribution in [0.15, 0.2) is 48.5 Å². The average Bonchev–Trinajstić information content (AvgIpc) is 3.15. The highest BCUT2D eigenvalue weighted by molar-refractivity contribution is 5.90. The number of rotatable bonds is 5. The van der Waals surface area contributed by atoms with Crippen molar-refractivity contribution in [3.8, 4) is 5.75 Å². The summed E-state index contributed by atoms with van der Waals surface area (Å²) in [6.45, 7) is 0. The minimum Gasteiger partial charge on any atom is -0.497 e. The van der Waals surface area contributed by atoms with E-state index in [2.05, 4.69) is 21.7 Å². The molecule has 3 aromatic rings. The van der Waals surface area contributed by atoms with Crippen LogP contribution in [0.4, 0.5) is 17.5 Å². The lowest BCUT2D eigenvalue weighted by Gasteiger charge is -2.16. The van der Waals surface area contributed by atoms with E-state index in [4.69, 9.17) is 9.72 Å². The first-order chi connectivity index (χ1) is 12.3. The highest BCUT2D eigenvalue weighted by Crippen LogP contribution is 2.28. The third kappa shape index (κ3) is 3.50. The third-order valence-corrected chi connectivity index (χ3v) is 4.65. The van der Waals surface area contributed by atoms with E-state index < -0.39 is 0 Å². The SMILES string of the molecule is COc1ccc(Nc2nc(NC3CCCC3)c3ccccc3n2)cc1. The molecule has 2 N–H and O–H groups in total. The van der Waals surface area contributed by atoms with E-state index in [9.17, 15) is 0 Å². The highest BCUT2D eigenvalue weighted by atomic mass is 16.5. The minimum absolute atomic E-state index is 0.507. The van der Waals surface area contributed by atoms with E-state index in [-0.39, 0.29) is 0 Å². The summed E-state index contributed by atoms with van der Waals surface area (Å²) in [5.74, 6) is 2.34. The lowest BCUT2D eigenvalue weighted by Crippen LogP contribution is -2.16. The minimum atomic E-state index is 0.507. The summed E-state index contributed by atoms with van der Waals surface area (Å²) in [5.41, 5.74) is 1.87. The van der Waals surface area contributed by atoms with E-state index in [0.29, 0.717) is 12.0 Å². The van der Waals surface area contributed by atoms with Crippen molar-refractivity contribution in [1.29, 1.82) is 0 Å². The number of methoxy groups -OCH3 is 1. The van der Waals surface area contributed by atoms with E-state index in [1.807, 2.05) is 42.5 Å². The summed E-state index contributed by atoms with van der Waals surface area (Å²) in [7, 11) is 1.66. The number of para-hydroxylation sites is 1. The average molecular weight is 334 g/mol. The number of hydrogen-bond donors (Lipinski definition) is 2. The van der Waals surface area contributed by atoms with Gasteiger partial charge in [-0.1, -0.05) is 25.0 Å². The molecule has 128 valence electrons. The van der Waals surface area contributed by atoms with Crippen LogP contribution in [0.2, 0.25) is 0 Å². The Balaban J connectivity index is 1.65. The largest absolute Gasteiger partial charge is 0.497 e. The molecule has 0 bridgehead atoms. The van der Waals surface area contributed by atoms with Crippen LogP contribution in [-0.4, -0.2) is 23.1 Å². The van der Waals surface area contributed by atoms with Crippen molar-refractivity contribution >= 4 is 28.4 Å². The molecular formula is C20H22N4O. The van der Waals surface area contributed by atoms with Gasteiger partial charge >= 0.3 is 0 Å². The van der Waals surface area contributed by atoms with Gasteiger partial charge in [0.05, 0.1) is 12.6 Å². The zero-order chi connectivity index (χ0) is 17.1. The second-order valence-corrected chi connectivity index (χ2v) is 6.39. The molecule has 1 fully saturated rings. The lowest BCUT2D eigenvalue weighted by molar-refractivity contribution is 0.415.